The number of benzene rings is 1. The number of hydrogen-bond acceptors (Lipinski definition) is 4. The highest BCUT2D eigenvalue weighted by molar-refractivity contribution is 5.64. The van der Waals surface area contributed by atoms with E-state index in [0.717, 1.165) is 11.4 Å². The van der Waals surface area contributed by atoms with Crippen molar-refractivity contribution in [2.75, 3.05) is 5.32 Å². The van der Waals surface area contributed by atoms with Gasteiger partial charge in [0.05, 0.1) is 16.3 Å². The van der Waals surface area contributed by atoms with Crippen LogP contribution in [-0.4, -0.2) is 14.7 Å². The Morgan fingerprint density at radius 3 is 2.67 bits per heavy atom. The van der Waals surface area contributed by atoms with Crippen LogP contribution in [0.5, 0.6) is 0 Å². The molecular formula is C12H14N4O2. The fourth-order valence-electron chi connectivity index (χ4n) is 1.76. The van der Waals surface area contributed by atoms with Crippen molar-refractivity contribution in [3.63, 3.8) is 0 Å². The minimum absolute atomic E-state index is 0.113. The maximum atomic E-state index is 10.9. The molecule has 0 radical (unpaired) electrons. The fourth-order valence-corrected chi connectivity index (χ4v) is 1.76. The van der Waals surface area contributed by atoms with Gasteiger partial charge in [0.1, 0.15) is 0 Å². The third-order valence-corrected chi connectivity index (χ3v) is 2.70. The van der Waals surface area contributed by atoms with Gasteiger partial charge in [-0.1, -0.05) is 6.07 Å². The average molecular weight is 246 g/mol. The second-order valence-electron chi connectivity index (χ2n) is 4.19. The van der Waals surface area contributed by atoms with Gasteiger partial charge in [0.2, 0.25) is 0 Å². The summed E-state index contributed by atoms with van der Waals surface area (Å²) >= 11 is 0. The topological polar surface area (TPSA) is 73.0 Å². The molecule has 1 N–H and O–H groups in total. The summed E-state index contributed by atoms with van der Waals surface area (Å²) < 4.78 is 1.69. The van der Waals surface area contributed by atoms with Gasteiger partial charge < -0.3 is 5.32 Å². The van der Waals surface area contributed by atoms with Crippen molar-refractivity contribution < 1.29 is 4.92 Å². The summed E-state index contributed by atoms with van der Waals surface area (Å²) in [6, 6.07) is 5.07. The number of nitrogens with one attached hydrogen (secondary N) is 1. The largest absolute Gasteiger partial charge is 0.353 e. The fraction of sp³-hybridized carbons (Fsp3) is 0.250. The first-order chi connectivity index (χ1) is 8.47. The van der Waals surface area contributed by atoms with Gasteiger partial charge in [-0.15, -0.1) is 0 Å². The normalized spacial score (nSPS) is 10.4. The van der Waals surface area contributed by atoms with Crippen LogP contribution in [0.2, 0.25) is 0 Å². The minimum atomic E-state index is -0.378. The van der Waals surface area contributed by atoms with E-state index in [9.17, 15) is 10.1 Å². The van der Waals surface area contributed by atoms with Crippen LogP contribution in [0.1, 0.15) is 11.3 Å². The molecule has 6 nitrogen and oxygen atoms in total. The van der Waals surface area contributed by atoms with E-state index < -0.39 is 0 Å². The van der Waals surface area contributed by atoms with E-state index in [4.69, 9.17) is 0 Å². The molecular weight excluding hydrogens is 232 g/mol. The second-order valence-corrected chi connectivity index (χ2v) is 4.19. The predicted octanol–water partition coefficient (Wildman–Crippen LogP) is 2.69. The first-order valence-electron chi connectivity index (χ1n) is 5.49. The van der Waals surface area contributed by atoms with Crippen LogP contribution in [0.3, 0.4) is 0 Å². The van der Waals surface area contributed by atoms with Gasteiger partial charge in [-0.2, -0.15) is 5.10 Å². The summed E-state index contributed by atoms with van der Waals surface area (Å²) in [6.45, 7) is 3.60. The van der Waals surface area contributed by atoms with E-state index in [1.807, 2.05) is 26.2 Å². The lowest BCUT2D eigenvalue weighted by Gasteiger charge is -2.05. The molecule has 6 heteroatoms. The number of aryl methyl sites for hydroxylation is 3. The van der Waals surface area contributed by atoms with Crippen LogP contribution in [0.4, 0.5) is 17.1 Å². The molecule has 0 saturated heterocycles. The second kappa shape index (κ2) is 4.48. The molecule has 1 heterocycles. The predicted molar refractivity (Wildman–Crippen MR) is 69.1 cm³/mol. The zero-order valence-electron chi connectivity index (χ0n) is 10.5. The summed E-state index contributed by atoms with van der Waals surface area (Å²) in [5.41, 5.74) is 3.13. The Labute approximate surface area is 104 Å². The zero-order valence-corrected chi connectivity index (χ0v) is 10.5. The Bertz CT molecular complexity index is 604. The summed E-state index contributed by atoms with van der Waals surface area (Å²) in [5, 5.41) is 18.2. The molecule has 0 aliphatic carbocycles. The van der Waals surface area contributed by atoms with E-state index in [2.05, 4.69) is 10.4 Å². The molecule has 0 bridgehead atoms. The van der Waals surface area contributed by atoms with Gasteiger partial charge in [-0.3, -0.25) is 14.8 Å². The molecule has 1 aromatic carbocycles. The maximum absolute atomic E-state index is 10.9. The van der Waals surface area contributed by atoms with Crippen molar-refractivity contribution in [1.82, 2.24) is 9.78 Å². The van der Waals surface area contributed by atoms with Crippen molar-refractivity contribution >= 4 is 17.1 Å². The van der Waals surface area contributed by atoms with Gasteiger partial charge in [-0.25, -0.2) is 0 Å². The third-order valence-electron chi connectivity index (χ3n) is 2.70. The molecule has 0 unspecified atom stereocenters. The first kappa shape index (κ1) is 12.1. The number of hydrogen-bond donors (Lipinski definition) is 1. The Morgan fingerprint density at radius 1 is 1.39 bits per heavy atom. The number of nitro groups is 1. The Hall–Kier alpha value is -2.37. The van der Waals surface area contributed by atoms with Crippen LogP contribution >= 0.6 is 0 Å². The van der Waals surface area contributed by atoms with Crippen LogP contribution in [-0.2, 0) is 7.05 Å². The lowest BCUT2D eigenvalue weighted by Crippen LogP contribution is -1.95. The molecule has 0 amide bonds. The maximum Gasteiger partial charge on any atom is 0.274 e. The minimum Gasteiger partial charge on any atom is -0.353 e. The zero-order chi connectivity index (χ0) is 13.3. The highest BCUT2D eigenvalue weighted by Gasteiger charge is 2.12. The Kier molecular flexibility index (Phi) is 3.01. The van der Waals surface area contributed by atoms with Crippen LogP contribution in [0.15, 0.2) is 24.4 Å². The van der Waals surface area contributed by atoms with Crippen molar-refractivity contribution in [3.05, 3.63) is 45.8 Å². The number of nitrogens with zero attached hydrogens (tertiary/aromatic N) is 3. The number of aromatic nitrogens is 2. The van der Waals surface area contributed by atoms with Crippen molar-refractivity contribution in [2.24, 2.45) is 7.05 Å². The van der Waals surface area contributed by atoms with Crippen molar-refractivity contribution in [2.45, 2.75) is 13.8 Å². The highest BCUT2D eigenvalue weighted by atomic mass is 16.6. The van der Waals surface area contributed by atoms with Gasteiger partial charge in [0.15, 0.2) is 0 Å². The van der Waals surface area contributed by atoms with E-state index >= 15 is 0 Å². The standard InChI is InChI=1S/C12H14N4O2/c1-8-4-5-10(6-12(8)16(17)18)13-11-7-15(3)14-9(11)2/h4-7,13H,1-3H3. The van der Waals surface area contributed by atoms with E-state index in [-0.39, 0.29) is 10.6 Å². The third kappa shape index (κ3) is 2.32. The van der Waals surface area contributed by atoms with Crippen LogP contribution in [0.25, 0.3) is 0 Å². The Balaban J connectivity index is 2.32. The lowest BCUT2D eigenvalue weighted by atomic mass is 10.2. The SMILES string of the molecule is Cc1ccc(Nc2cn(C)nc2C)cc1[N+](=O)[O-]. The van der Waals surface area contributed by atoms with Gasteiger partial charge in [0, 0.05) is 30.6 Å². The van der Waals surface area contributed by atoms with Gasteiger partial charge in [0.25, 0.3) is 5.69 Å². The molecule has 2 rings (SSSR count). The Morgan fingerprint density at radius 2 is 2.11 bits per heavy atom. The van der Waals surface area contributed by atoms with Crippen molar-refractivity contribution in [1.29, 1.82) is 0 Å². The summed E-state index contributed by atoms with van der Waals surface area (Å²) in [7, 11) is 1.83. The quantitative estimate of drug-likeness (QED) is 0.667. The molecule has 0 fully saturated rings. The number of nitro benzene ring substituents is 1. The van der Waals surface area contributed by atoms with Crippen molar-refractivity contribution in [3.8, 4) is 0 Å². The molecule has 0 aliphatic rings. The first-order valence-corrected chi connectivity index (χ1v) is 5.49. The van der Waals surface area contributed by atoms with Gasteiger partial charge in [-0.05, 0) is 19.9 Å². The molecule has 1 aromatic heterocycles. The van der Waals surface area contributed by atoms with Gasteiger partial charge >= 0.3 is 0 Å². The van der Waals surface area contributed by atoms with E-state index in [1.165, 1.54) is 6.07 Å². The lowest BCUT2D eigenvalue weighted by molar-refractivity contribution is -0.385. The summed E-state index contributed by atoms with van der Waals surface area (Å²) in [6.07, 6.45) is 1.83. The molecule has 0 aliphatic heterocycles. The monoisotopic (exact) mass is 246 g/mol. The smallest absolute Gasteiger partial charge is 0.274 e. The van der Waals surface area contributed by atoms with E-state index in [0.29, 0.717) is 11.3 Å². The molecule has 0 spiro atoms. The summed E-state index contributed by atoms with van der Waals surface area (Å²) in [4.78, 5) is 10.5. The average Bonchev–Trinajstić information content (AvgIpc) is 2.60. The number of anilines is 2. The molecule has 94 valence electrons. The molecule has 18 heavy (non-hydrogen) atoms. The van der Waals surface area contributed by atoms with Crippen LogP contribution < -0.4 is 5.32 Å². The molecule has 0 saturated carbocycles. The van der Waals surface area contributed by atoms with E-state index in [1.54, 1.807) is 17.7 Å². The number of rotatable bonds is 3. The summed E-state index contributed by atoms with van der Waals surface area (Å²) in [5.74, 6) is 0. The molecule has 0 atom stereocenters. The highest BCUT2D eigenvalue weighted by Crippen LogP contribution is 2.25. The molecule has 2 aromatic rings. The van der Waals surface area contributed by atoms with Crippen LogP contribution in [0, 0.1) is 24.0 Å².